The van der Waals surface area contributed by atoms with E-state index in [-0.39, 0.29) is 69.0 Å². The molecule has 25 heavy (non-hydrogen) atoms. The van der Waals surface area contributed by atoms with E-state index in [1.54, 1.807) is 0 Å². The third-order valence-electron chi connectivity index (χ3n) is 4.51. The van der Waals surface area contributed by atoms with E-state index in [0.717, 1.165) is 0 Å². The van der Waals surface area contributed by atoms with Crippen molar-refractivity contribution in [2.75, 3.05) is 38.7 Å². The summed E-state index contributed by atoms with van der Waals surface area (Å²) in [4.78, 5) is 0. The number of halogens is 7. The quantitative estimate of drug-likeness (QED) is 0.433. The maximum absolute atomic E-state index is 12.9. The number of rotatable bonds is 8. The second-order valence-corrected chi connectivity index (χ2v) is 6.89. The van der Waals surface area contributed by atoms with Gasteiger partial charge in [-0.3, -0.25) is 0 Å². The van der Waals surface area contributed by atoms with Crippen molar-refractivity contribution in [2.24, 2.45) is 0 Å². The van der Waals surface area contributed by atoms with Crippen LogP contribution in [0.4, 0.5) is 17.6 Å². The van der Waals surface area contributed by atoms with Crippen molar-refractivity contribution in [3.05, 3.63) is 0 Å². The van der Waals surface area contributed by atoms with Gasteiger partial charge in [-0.25, -0.2) is 27.6 Å². The highest BCUT2D eigenvalue weighted by Crippen LogP contribution is 2.40. The van der Waals surface area contributed by atoms with Gasteiger partial charge < -0.3 is 9.47 Å². The predicted molar refractivity (Wildman–Crippen MR) is 90.5 cm³/mol. The molecule has 0 aromatic carbocycles. The fourth-order valence-electron chi connectivity index (χ4n) is 2.90. The van der Waals surface area contributed by atoms with Crippen LogP contribution in [0, 0.1) is 0 Å². The minimum atomic E-state index is -2.87. The van der Waals surface area contributed by atoms with Crippen LogP contribution in [0.1, 0.15) is 19.3 Å². The summed E-state index contributed by atoms with van der Waals surface area (Å²) in [5.74, 6) is -6.10. The standard InChI is InChI=1S/C14H21ClF4N2O2.2ClH/c15-9-13(16,17)1-2-22-11-5-20(6-11)21-7-12(8-21)23-10-3-14(18,19)4-10;;/h10-12H,1-9H2;2*1H. The van der Waals surface area contributed by atoms with Gasteiger partial charge in [-0.2, -0.15) is 0 Å². The molecule has 0 aromatic heterocycles. The van der Waals surface area contributed by atoms with Crippen molar-refractivity contribution < 1.29 is 27.0 Å². The third-order valence-corrected chi connectivity index (χ3v) is 4.90. The van der Waals surface area contributed by atoms with E-state index >= 15 is 0 Å². The minimum Gasteiger partial charge on any atom is -0.375 e. The molecule has 1 aliphatic carbocycles. The normalized spacial score (nSPS) is 25.3. The van der Waals surface area contributed by atoms with Gasteiger partial charge in [0.1, 0.15) is 0 Å². The SMILES string of the molecule is Cl.Cl.FC(F)(CCl)CCOC1CN(N2CC(OC3CC(F)(F)C3)C2)C1. The Labute approximate surface area is 161 Å². The van der Waals surface area contributed by atoms with Gasteiger partial charge in [0.05, 0.1) is 30.8 Å². The van der Waals surface area contributed by atoms with E-state index in [9.17, 15) is 17.6 Å². The molecule has 0 bridgehead atoms. The molecule has 150 valence electrons. The van der Waals surface area contributed by atoms with Gasteiger partial charge in [0, 0.05) is 45.4 Å². The minimum absolute atomic E-state index is 0. The molecular formula is C14H23Cl3F4N2O2. The fourth-order valence-corrected chi connectivity index (χ4v) is 3.04. The van der Waals surface area contributed by atoms with Crippen LogP contribution in [0.3, 0.4) is 0 Å². The van der Waals surface area contributed by atoms with E-state index in [1.807, 2.05) is 0 Å². The van der Waals surface area contributed by atoms with Crippen molar-refractivity contribution in [1.29, 1.82) is 0 Å². The second kappa shape index (κ2) is 9.08. The largest absolute Gasteiger partial charge is 0.375 e. The number of hydrogen-bond acceptors (Lipinski definition) is 4. The maximum atomic E-state index is 12.9. The van der Waals surface area contributed by atoms with Crippen LogP contribution in [-0.4, -0.2) is 78.8 Å². The first-order valence-electron chi connectivity index (χ1n) is 7.85. The molecular weight excluding hydrogens is 411 g/mol. The Kier molecular flexibility index (Phi) is 8.52. The van der Waals surface area contributed by atoms with E-state index < -0.39 is 17.7 Å². The summed E-state index contributed by atoms with van der Waals surface area (Å²) in [5, 5.41) is 4.15. The number of alkyl halides is 5. The van der Waals surface area contributed by atoms with Crippen molar-refractivity contribution in [3.63, 3.8) is 0 Å². The summed E-state index contributed by atoms with van der Waals surface area (Å²) < 4.78 is 62.2. The monoisotopic (exact) mass is 432 g/mol. The molecule has 0 N–H and O–H groups in total. The third kappa shape index (κ3) is 6.23. The summed E-state index contributed by atoms with van der Waals surface area (Å²) in [5.41, 5.74) is 0. The molecule has 4 nitrogen and oxygen atoms in total. The molecule has 1 saturated carbocycles. The van der Waals surface area contributed by atoms with Crippen molar-refractivity contribution in [3.8, 4) is 0 Å². The van der Waals surface area contributed by atoms with E-state index in [0.29, 0.717) is 26.2 Å². The van der Waals surface area contributed by atoms with E-state index in [2.05, 4.69) is 10.0 Å². The topological polar surface area (TPSA) is 24.9 Å². The fraction of sp³-hybridized carbons (Fsp3) is 1.00. The maximum Gasteiger partial charge on any atom is 0.263 e. The summed E-state index contributed by atoms with van der Waals surface area (Å²) in [7, 11) is 0. The molecule has 3 aliphatic rings. The first-order chi connectivity index (χ1) is 10.8. The summed E-state index contributed by atoms with van der Waals surface area (Å²) in [6, 6.07) is 0. The van der Waals surface area contributed by atoms with E-state index in [4.69, 9.17) is 21.1 Å². The van der Waals surface area contributed by atoms with Crippen LogP contribution < -0.4 is 0 Å². The number of ether oxygens (including phenoxy) is 2. The van der Waals surface area contributed by atoms with Crippen molar-refractivity contribution >= 4 is 36.4 Å². The molecule has 2 aliphatic heterocycles. The Morgan fingerprint density at radius 3 is 1.96 bits per heavy atom. The number of hydrogen-bond donors (Lipinski definition) is 0. The molecule has 0 aromatic rings. The highest BCUT2D eigenvalue weighted by molar-refractivity contribution is 6.18. The van der Waals surface area contributed by atoms with Crippen LogP contribution in [0.2, 0.25) is 0 Å². The average molecular weight is 434 g/mol. The Hall–Kier alpha value is 0.430. The highest BCUT2D eigenvalue weighted by atomic mass is 35.5. The van der Waals surface area contributed by atoms with Crippen molar-refractivity contribution in [1.82, 2.24) is 10.0 Å². The summed E-state index contributed by atoms with van der Waals surface area (Å²) in [6.45, 7) is 2.72. The lowest BCUT2D eigenvalue weighted by Gasteiger charge is -2.53. The van der Waals surface area contributed by atoms with Crippen LogP contribution >= 0.6 is 36.4 Å². The zero-order valence-electron chi connectivity index (χ0n) is 13.5. The Bertz CT molecular complexity index is 417. The highest BCUT2D eigenvalue weighted by Gasteiger charge is 2.48. The van der Waals surface area contributed by atoms with Crippen molar-refractivity contribution in [2.45, 2.75) is 49.4 Å². The Morgan fingerprint density at radius 2 is 1.48 bits per heavy atom. The molecule has 11 heteroatoms. The second-order valence-electron chi connectivity index (χ2n) is 6.62. The van der Waals surface area contributed by atoms with Gasteiger partial charge in [-0.15, -0.1) is 36.4 Å². The summed E-state index contributed by atoms with van der Waals surface area (Å²) in [6.07, 6.45) is -1.04. The van der Waals surface area contributed by atoms with Gasteiger partial charge >= 0.3 is 0 Å². The lowest BCUT2D eigenvalue weighted by atomic mass is 9.90. The summed E-state index contributed by atoms with van der Waals surface area (Å²) >= 11 is 5.15. The first kappa shape index (κ1) is 23.5. The zero-order chi connectivity index (χ0) is 16.7. The number of nitrogens with zero attached hydrogens (tertiary/aromatic N) is 2. The van der Waals surface area contributed by atoms with Gasteiger partial charge in [-0.1, -0.05) is 0 Å². The molecule has 0 amide bonds. The van der Waals surface area contributed by atoms with Gasteiger partial charge in [-0.05, 0) is 0 Å². The van der Waals surface area contributed by atoms with Crippen LogP contribution in [0.15, 0.2) is 0 Å². The first-order valence-corrected chi connectivity index (χ1v) is 8.38. The molecule has 0 unspecified atom stereocenters. The van der Waals surface area contributed by atoms with Gasteiger partial charge in [0.25, 0.3) is 11.8 Å². The van der Waals surface area contributed by atoms with Gasteiger partial charge in [0.2, 0.25) is 0 Å². The number of hydrazine groups is 1. The smallest absolute Gasteiger partial charge is 0.263 e. The van der Waals surface area contributed by atoms with Crippen LogP contribution in [-0.2, 0) is 9.47 Å². The molecule has 0 spiro atoms. The van der Waals surface area contributed by atoms with Crippen LogP contribution in [0.25, 0.3) is 0 Å². The van der Waals surface area contributed by atoms with E-state index in [1.165, 1.54) is 0 Å². The lowest BCUT2D eigenvalue weighted by molar-refractivity contribution is -0.251. The van der Waals surface area contributed by atoms with Gasteiger partial charge in [0.15, 0.2) is 0 Å². The predicted octanol–water partition coefficient (Wildman–Crippen LogP) is 3.21. The molecule has 2 heterocycles. The molecule has 0 radical (unpaired) electrons. The Balaban J connectivity index is 0.00000156. The lowest BCUT2D eigenvalue weighted by Crippen LogP contribution is -2.68. The molecule has 3 fully saturated rings. The molecule has 0 atom stereocenters. The van der Waals surface area contributed by atoms with Crippen LogP contribution in [0.5, 0.6) is 0 Å². The zero-order valence-corrected chi connectivity index (χ0v) is 15.9. The molecule has 3 rings (SSSR count). The molecule has 2 saturated heterocycles. The Morgan fingerprint density at radius 1 is 0.960 bits per heavy atom. The average Bonchev–Trinajstić information content (AvgIpc) is 2.34.